The van der Waals surface area contributed by atoms with Gasteiger partial charge in [0.15, 0.2) is 0 Å². The number of carbonyl (C=O) groups excluding carboxylic acids is 1. The highest BCUT2D eigenvalue weighted by molar-refractivity contribution is 5.77. The molecular weight excluding hydrogens is 228 g/mol. The molecule has 2 rings (SSSR count). The molecule has 0 aliphatic rings. The number of ether oxygens (including phenoxy) is 1. The molecule has 0 spiro atoms. The van der Waals surface area contributed by atoms with E-state index in [0.29, 0.717) is 17.1 Å². The van der Waals surface area contributed by atoms with Gasteiger partial charge in [0.25, 0.3) is 0 Å². The SMILES string of the molecule is Cc1cc(Oc2ccc(CO)cc2)ccc1C=O. The first kappa shape index (κ1) is 12.3. The predicted octanol–water partition coefficient (Wildman–Crippen LogP) is 3.09. The maximum absolute atomic E-state index is 10.7. The maximum Gasteiger partial charge on any atom is 0.150 e. The summed E-state index contributed by atoms with van der Waals surface area (Å²) in [5, 5.41) is 8.94. The van der Waals surface area contributed by atoms with Crippen LogP contribution >= 0.6 is 0 Å². The Bertz CT molecular complexity index is 544. The summed E-state index contributed by atoms with van der Waals surface area (Å²) in [6.07, 6.45) is 0.829. The molecule has 3 nitrogen and oxygen atoms in total. The van der Waals surface area contributed by atoms with Gasteiger partial charge in [0, 0.05) is 5.56 Å². The predicted molar refractivity (Wildman–Crippen MR) is 69.0 cm³/mol. The number of aldehydes is 1. The maximum atomic E-state index is 10.7. The van der Waals surface area contributed by atoms with Crippen LogP contribution in [0, 0.1) is 6.92 Å². The zero-order valence-corrected chi connectivity index (χ0v) is 10.1. The molecule has 1 N–H and O–H groups in total. The fourth-order valence-electron chi connectivity index (χ4n) is 1.64. The van der Waals surface area contributed by atoms with Gasteiger partial charge in [0.1, 0.15) is 17.8 Å². The largest absolute Gasteiger partial charge is 0.457 e. The Morgan fingerprint density at radius 2 is 1.78 bits per heavy atom. The lowest BCUT2D eigenvalue weighted by molar-refractivity contribution is 0.112. The van der Waals surface area contributed by atoms with Gasteiger partial charge < -0.3 is 9.84 Å². The van der Waals surface area contributed by atoms with E-state index in [-0.39, 0.29) is 6.61 Å². The van der Waals surface area contributed by atoms with Gasteiger partial charge in [0.2, 0.25) is 0 Å². The standard InChI is InChI=1S/C15H14O3/c1-11-8-15(7-4-13(11)10-17)18-14-5-2-12(9-16)3-6-14/h2-8,10,16H,9H2,1H3. The van der Waals surface area contributed by atoms with E-state index in [0.717, 1.165) is 17.4 Å². The van der Waals surface area contributed by atoms with Crippen LogP contribution in [0.4, 0.5) is 0 Å². The molecule has 0 bridgehead atoms. The van der Waals surface area contributed by atoms with Crippen molar-refractivity contribution in [3.63, 3.8) is 0 Å². The first-order valence-corrected chi connectivity index (χ1v) is 5.66. The van der Waals surface area contributed by atoms with Crippen molar-refractivity contribution in [2.75, 3.05) is 0 Å². The number of rotatable bonds is 4. The summed E-state index contributed by atoms with van der Waals surface area (Å²) >= 11 is 0. The number of aliphatic hydroxyl groups is 1. The smallest absolute Gasteiger partial charge is 0.150 e. The second kappa shape index (κ2) is 5.47. The zero-order chi connectivity index (χ0) is 13.0. The second-order valence-corrected chi connectivity index (χ2v) is 4.04. The van der Waals surface area contributed by atoms with Crippen molar-refractivity contribution in [1.82, 2.24) is 0 Å². The van der Waals surface area contributed by atoms with Crippen LogP contribution in [0.2, 0.25) is 0 Å². The van der Waals surface area contributed by atoms with E-state index in [2.05, 4.69) is 0 Å². The van der Waals surface area contributed by atoms with E-state index in [4.69, 9.17) is 9.84 Å². The molecule has 0 atom stereocenters. The molecule has 0 aromatic heterocycles. The normalized spacial score (nSPS) is 10.1. The van der Waals surface area contributed by atoms with Gasteiger partial charge in [-0.3, -0.25) is 4.79 Å². The third kappa shape index (κ3) is 2.76. The minimum atomic E-state index is 0.0212. The average molecular weight is 242 g/mol. The van der Waals surface area contributed by atoms with E-state index in [9.17, 15) is 4.79 Å². The Balaban J connectivity index is 2.17. The molecule has 0 aliphatic heterocycles. The van der Waals surface area contributed by atoms with Crippen LogP contribution in [0.15, 0.2) is 42.5 Å². The van der Waals surface area contributed by atoms with Crippen molar-refractivity contribution in [3.05, 3.63) is 59.2 Å². The number of hydrogen-bond acceptors (Lipinski definition) is 3. The lowest BCUT2D eigenvalue weighted by Crippen LogP contribution is -1.90. The first-order chi connectivity index (χ1) is 8.72. The molecule has 0 fully saturated rings. The Kier molecular flexibility index (Phi) is 3.75. The minimum Gasteiger partial charge on any atom is -0.457 e. The fraction of sp³-hybridized carbons (Fsp3) is 0.133. The molecule has 18 heavy (non-hydrogen) atoms. The molecule has 0 amide bonds. The van der Waals surface area contributed by atoms with Crippen molar-refractivity contribution in [1.29, 1.82) is 0 Å². The molecular formula is C15H14O3. The zero-order valence-electron chi connectivity index (χ0n) is 10.1. The van der Waals surface area contributed by atoms with E-state index in [1.807, 2.05) is 25.1 Å². The van der Waals surface area contributed by atoms with Gasteiger partial charge in [-0.25, -0.2) is 0 Å². The molecule has 0 saturated heterocycles. The van der Waals surface area contributed by atoms with E-state index in [1.165, 1.54) is 0 Å². The first-order valence-electron chi connectivity index (χ1n) is 5.66. The van der Waals surface area contributed by atoms with Crippen molar-refractivity contribution in [2.45, 2.75) is 13.5 Å². The summed E-state index contributed by atoms with van der Waals surface area (Å²) in [6.45, 7) is 1.89. The molecule has 92 valence electrons. The summed E-state index contributed by atoms with van der Waals surface area (Å²) in [4.78, 5) is 10.7. The molecule has 2 aromatic carbocycles. The van der Waals surface area contributed by atoms with Gasteiger partial charge in [-0.1, -0.05) is 12.1 Å². The topological polar surface area (TPSA) is 46.5 Å². The number of benzene rings is 2. The van der Waals surface area contributed by atoms with Crippen LogP contribution < -0.4 is 4.74 Å². The van der Waals surface area contributed by atoms with Crippen molar-refractivity contribution >= 4 is 6.29 Å². The molecule has 0 saturated carbocycles. The Labute approximate surface area is 106 Å². The number of hydrogen-bond donors (Lipinski definition) is 1. The van der Waals surface area contributed by atoms with Gasteiger partial charge in [-0.05, 0) is 48.4 Å². The van der Waals surface area contributed by atoms with Gasteiger partial charge >= 0.3 is 0 Å². The van der Waals surface area contributed by atoms with Crippen molar-refractivity contribution in [2.24, 2.45) is 0 Å². The number of carbonyl (C=O) groups is 1. The molecule has 3 heteroatoms. The lowest BCUT2D eigenvalue weighted by atomic mass is 10.1. The van der Waals surface area contributed by atoms with Crippen LogP contribution in [0.3, 0.4) is 0 Å². The third-order valence-electron chi connectivity index (χ3n) is 2.71. The van der Waals surface area contributed by atoms with E-state index >= 15 is 0 Å². The Morgan fingerprint density at radius 1 is 1.11 bits per heavy atom. The fourth-order valence-corrected chi connectivity index (χ4v) is 1.64. The highest BCUT2D eigenvalue weighted by atomic mass is 16.5. The third-order valence-corrected chi connectivity index (χ3v) is 2.71. The van der Waals surface area contributed by atoms with Crippen LogP contribution in [-0.4, -0.2) is 11.4 Å². The average Bonchev–Trinajstić information content (AvgIpc) is 2.40. The molecule has 0 radical (unpaired) electrons. The van der Waals surface area contributed by atoms with Crippen molar-refractivity contribution < 1.29 is 14.6 Å². The van der Waals surface area contributed by atoms with Gasteiger partial charge in [0.05, 0.1) is 6.61 Å². The quantitative estimate of drug-likeness (QED) is 0.838. The Morgan fingerprint density at radius 3 is 2.33 bits per heavy atom. The Hall–Kier alpha value is -2.13. The molecule has 2 aromatic rings. The molecule has 0 heterocycles. The van der Waals surface area contributed by atoms with Gasteiger partial charge in [-0.15, -0.1) is 0 Å². The summed E-state index contributed by atoms with van der Waals surface area (Å²) in [6, 6.07) is 12.5. The van der Waals surface area contributed by atoms with Crippen LogP contribution in [-0.2, 0) is 6.61 Å². The second-order valence-electron chi connectivity index (χ2n) is 4.04. The van der Waals surface area contributed by atoms with Crippen LogP contribution in [0.1, 0.15) is 21.5 Å². The summed E-state index contributed by atoms with van der Waals surface area (Å²) in [7, 11) is 0. The molecule has 0 aliphatic carbocycles. The highest BCUT2D eigenvalue weighted by Crippen LogP contribution is 2.23. The monoisotopic (exact) mass is 242 g/mol. The number of aliphatic hydroxyl groups excluding tert-OH is 1. The highest BCUT2D eigenvalue weighted by Gasteiger charge is 2.01. The minimum absolute atomic E-state index is 0.0212. The lowest BCUT2D eigenvalue weighted by Gasteiger charge is -2.08. The van der Waals surface area contributed by atoms with Crippen LogP contribution in [0.5, 0.6) is 11.5 Å². The molecule has 0 unspecified atom stereocenters. The summed E-state index contributed by atoms with van der Waals surface area (Å²) in [5.74, 6) is 1.39. The van der Waals surface area contributed by atoms with E-state index < -0.39 is 0 Å². The summed E-state index contributed by atoms with van der Waals surface area (Å²) in [5.41, 5.74) is 2.39. The van der Waals surface area contributed by atoms with E-state index in [1.54, 1.807) is 24.3 Å². The van der Waals surface area contributed by atoms with Gasteiger partial charge in [-0.2, -0.15) is 0 Å². The number of aryl methyl sites for hydroxylation is 1. The summed E-state index contributed by atoms with van der Waals surface area (Å²) < 4.78 is 5.66. The van der Waals surface area contributed by atoms with Crippen LogP contribution in [0.25, 0.3) is 0 Å². The van der Waals surface area contributed by atoms with Crippen molar-refractivity contribution in [3.8, 4) is 11.5 Å².